The predicted molar refractivity (Wildman–Crippen MR) is 76.6 cm³/mol. The number of rotatable bonds is 1. The number of ether oxygens (including phenoxy) is 2. The molecule has 1 spiro atoms. The van der Waals surface area contributed by atoms with Crippen molar-refractivity contribution in [2.24, 2.45) is 0 Å². The molecule has 1 aliphatic heterocycles. The van der Waals surface area contributed by atoms with Crippen LogP contribution < -0.4 is 0 Å². The van der Waals surface area contributed by atoms with E-state index < -0.39 is 0 Å². The highest BCUT2D eigenvalue weighted by molar-refractivity contribution is 5.82. The number of pyridine rings is 1. The van der Waals surface area contributed by atoms with Gasteiger partial charge < -0.3 is 14.0 Å². The number of aryl methyl sites for hydroxylation is 1. The highest BCUT2D eigenvalue weighted by Crippen LogP contribution is 2.41. The number of hydrogen-bond acceptors (Lipinski definition) is 3. The monoisotopic (exact) mass is 272 g/mol. The molecule has 4 rings (SSSR count). The lowest BCUT2D eigenvalue weighted by Crippen LogP contribution is -2.35. The first-order chi connectivity index (χ1) is 9.77. The van der Waals surface area contributed by atoms with Gasteiger partial charge in [0.25, 0.3) is 0 Å². The van der Waals surface area contributed by atoms with Gasteiger partial charge in [-0.3, -0.25) is 4.98 Å². The molecule has 2 aromatic rings. The van der Waals surface area contributed by atoms with Crippen LogP contribution in [0.5, 0.6) is 0 Å². The van der Waals surface area contributed by atoms with E-state index in [4.69, 9.17) is 9.47 Å². The summed E-state index contributed by atoms with van der Waals surface area (Å²) in [5.41, 5.74) is 2.41. The molecule has 0 radical (unpaired) electrons. The first-order valence-corrected chi connectivity index (χ1v) is 7.48. The van der Waals surface area contributed by atoms with Crippen LogP contribution in [0.4, 0.5) is 0 Å². The minimum atomic E-state index is -0.267. The fourth-order valence-corrected chi connectivity index (χ4v) is 3.66. The summed E-state index contributed by atoms with van der Waals surface area (Å²) in [6.45, 7) is 3.58. The van der Waals surface area contributed by atoms with Gasteiger partial charge in [-0.15, -0.1) is 0 Å². The Hall–Kier alpha value is -1.39. The van der Waals surface area contributed by atoms with Crippen molar-refractivity contribution in [2.45, 2.75) is 44.4 Å². The molecule has 1 saturated carbocycles. The number of nitrogens with zero attached hydrogens (tertiary/aromatic N) is 2. The molecule has 3 heterocycles. The average Bonchev–Trinajstić information content (AvgIpc) is 3.09. The lowest BCUT2D eigenvalue weighted by atomic mass is 9.90. The molecule has 106 valence electrons. The van der Waals surface area contributed by atoms with Crippen LogP contribution in [-0.2, 0) is 9.47 Å². The third-order valence-electron chi connectivity index (χ3n) is 4.77. The Morgan fingerprint density at radius 1 is 1.20 bits per heavy atom. The fraction of sp³-hybridized carbons (Fsp3) is 0.562. The summed E-state index contributed by atoms with van der Waals surface area (Å²) in [5, 5.41) is 1.26. The van der Waals surface area contributed by atoms with Crippen LogP contribution in [-0.4, -0.2) is 28.6 Å². The maximum atomic E-state index is 5.81. The van der Waals surface area contributed by atoms with Crippen molar-refractivity contribution in [3.05, 3.63) is 30.2 Å². The van der Waals surface area contributed by atoms with Crippen molar-refractivity contribution in [2.75, 3.05) is 13.2 Å². The molecular weight excluding hydrogens is 252 g/mol. The van der Waals surface area contributed by atoms with Crippen molar-refractivity contribution >= 4 is 10.9 Å². The van der Waals surface area contributed by atoms with Gasteiger partial charge >= 0.3 is 0 Å². The normalized spacial score (nSPS) is 22.9. The van der Waals surface area contributed by atoms with Crippen molar-refractivity contribution < 1.29 is 9.47 Å². The average molecular weight is 272 g/mol. The zero-order chi connectivity index (χ0) is 13.6. The van der Waals surface area contributed by atoms with Crippen molar-refractivity contribution in [1.29, 1.82) is 0 Å². The summed E-state index contributed by atoms with van der Waals surface area (Å²) in [4.78, 5) is 4.37. The Labute approximate surface area is 118 Å². The molecule has 0 aromatic carbocycles. The summed E-state index contributed by atoms with van der Waals surface area (Å²) < 4.78 is 14.0. The molecule has 2 aliphatic rings. The molecule has 0 atom stereocenters. The van der Waals surface area contributed by atoms with Crippen LogP contribution in [0, 0.1) is 6.92 Å². The summed E-state index contributed by atoms with van der Waals surface area (Å²) in [6.07, 6.45) is 8.35. The molecule has 2 aromatic heterocycles. The topological polar surface area (TPSA) is 36.3 Å². The highest BCUT2D eigenvalue weighted by atomic mass is 16.7. The molecule has 20 heavy (non-hydrogen) atoms. The molecule has 4 nitrogen and oxygen atoms in total. The largest absolute Gasteiger partial charge is 0.348 e. The van der Waals surface area contributed by atoms with E-state index in [1.165, 1.54) is 10.9 Å². The molecule has 0 N–H and O–H groups in total. The summed E-state index contributed by atoms with van der Waals surface area (Å²) in [7, 11) is 0. The predicted octanol–water partition coefficient (Wildman–Crippen LogP) is 3.20. The van der Waals surface area contributed by atoms with E-state index in [9.17, 15) is 0 Å². The first kappa shape index (κ1) is 12.4. The Morgan fingerprint density at radius 2 is 1.95 bits per heavy atom. The van der Waals surface area contributed by atoms with Gasteiger partial charge in [-0.25, -0.2) is 0 Å². The van der Waals surface area contributed by atoms with Gasteiger partial charge in [0.1, 0.15) is 0 Å². The summed E-state index contributed by atoms with van der Waals surface area (Å²) >= 11 is 0. The maximum absolute atomic E-state index is 5.81. The molecule has 1 saturated heterocycles. The number of fused-ring (bicyclic) bond motifs is 1. The van der Waals surface area contributed by atoms with Gasteiger partial charge in [-0.2, -0.15) is 0 Å². The van der Waals surface area contributed by atoms with E-state index >= 15 is 0 Å². The van der Waals surface area contributed by atoms with Crippen molar-refractivity contribution in [3.63, 3.8) is 0 Å². The van der Waals surface area contributed by atoms with Crippen LogP contribution in [0.15, 0.2) is 24.5 Å². The van der Waals surface area contributed by atoms with Gasteiger partial charge in [0, 0.05) is 42.4 Å². The van der Waals surface area contributed by atoms with Crippen LogP contribution in [0.2, 0.25) is 0 Å². The third kappa shape index (κ3) is 1.86. The number of hydrogen-bond donors (Lipinski definition) is 0. The second-order valence-electron chi connectivity index (χ2n) is 5.89. The Kier molecular flexibility index (Phi) is 2.82. The summed E-state index contributed by atoms with van der Waals surface area (Å²) in [5.74, 6) is -0.267. The number of aromatic nitrogens is 2. The van der Waals surface area contributed by atoms with Crippen LogP contribution in [0.1, 0.15) is 37.4 Å². The third-order valence-corrected chi connectivity index (χ3v) is 4.77. The van der Waals surface area contributed by atoms with Crippen molar-refractivity contribution in [1.82, 2.24) is 9.55 Å². The van der Waals surface area contributed by atoms with E-state index in [1.807, 2.05) is 6.20 Å². The molecular formula is C16H20N2O2. The van der Waals surface area contributed by atoms with Crippen LogP contribution >= 0.6 is 0 Å². The quantitative estimate of drug-likeness (QED) is 0.800. The van der Waals surface area contributed by atoms with E-state index in [0.29, 0.717) is 6.04 Å². The van der Waals surface area contributed by atoms with Crippen LogP contribution in [0.25, 0.3) is 10.9 Å². The van der Waals surface area contributed by atoms with Crippen molar-refractivity contribution in [3.8, 4) is 0 Å². The van der Waals surface area contributed by atoms with Gasteiger partial charge in [0.05, 0.1) is 18.7 Å². The molecule has 1 aliphatic carbocycles. The molecule has 2 fully saturated rings. The van der Waals surface area contributed by atoms with Crippen LogP contribution in [0.3, 0.4) is 0 Å². The first-order valence-electron chi connectivity index (χ1n) is 7.48. The Bertz CT molecular complexity index is 618. The van der Waals surface area contributed by atoms with Gasteiger partial charge in [0.15, 0.2) is 5.79 Å². The standard InChI is InChI=1S/C16H20N2O2/c1-12-14-5-9-18(15(14)4-8-17-12)13-2-6-16(7-3-13)19-10-11-20-16/h4-5,8-9,13H,2-3,6-7,10-11H2,1H3. The second-order valence-corrected chi connectivity index (χ2v) is 5.89. The Balaban J connectivity index is 1.60. The van der Waals surface area contributed by atoms with E-state index in [0.717, 1.165) is 44.6 Å². The highest BCUT2D eigenvalue weighted by Gasteiger charge is 2.40. The van der Waals surface area contributed by atoms with Gasteiger partial charge in [-0.1, -0.05) is 0 Å². The fourth-order valence-electron chi connectivity index (χ4n) is 3.66. The molecule has 0 bridgehead atoms. The maximum Gasteiger partial charge on any atom is 0.168 e. The lowest BCUT2D eigenvalue weighted by molar-refractivity contribution is -0.181. The Morgan fingerprint density at radius 3 is 2.70 bits per heavy atom. The van der Waals surface area contributed by atoms with Gasteiger partial charge in [-0.05, 0) is 31.9 Å². The summed E-state index contributed by atoms with van der Waals surface area (Å²) in [6, 6.07) is 4.85. The van der Waals surface area contributed by atoms with E-state index in [-0.39, 0.29) is 5.79 Å². The molecule has 4 heteroatoms. The molecule has 0 unspecified atom stereocenters. The smallest absolute Gasteiger partial charge is 0.168 e. The molecule has 0 amide bonds. The minimum absolute atomic E-state index is 0.267. The van der Waals surface area contributed by atoms with Gasteiger partial charge in [0.2, 0.25) is 0 Å². The van der Waals surface area contributed by atoms with E-state index in [1.54, 1.807) is 0 Å². The zero-order valence-corrected chi connectivity index (χ0v) is 11.8. The zero-order valence-electron chi connectivity index (χ0n) is 11.8. The minimum Gasteiger partial charge on any atom is -0.348 e. The van der Waals surface area contributed by atoms with E-state index in [2.05, 4.69) is 34.8 Å². The lowest BCUT2D eigenvalue weighted by Gasteiger charge is -2.36. The SMILES string of the molecule is Cc1nccc2c1ccn2C1CCC2(CC1)OCCO2. The second kappa shape index (κ2) is 4.57.